The highest BCUT2D eigenvalue weighted by atomic mass is 32.1. The van der Waals surface area contributed by atoms with Gasteiger partial charge in [0.2, 0.25) is 0 Å². The number of rotatable bonds is 3. The molecule has 0 radical (unpaired) electrons. The van der Waals surface area contributed by atoms with Crippen molar-refractivity contribution in [2.45, 2.75) is 38.9 Å². The molecule has 2 aromatic carbocycles. The van der Waals surface area contributed by atoms with Crippen molar-refractivity contribution < 1.29 is 13.7 Å². The third kappa shape index (κ3) is 2.88. The Morgan fingerprint density at radius 2 is 1.62 bits per heavy atom. The van der Waals surface area contributed by atoms with Crippen LogP contribution in [0.4, 0.5) is 0 Å². The molecule has 0 unspecified atom stereocenters. The number of hydrogen-bond acceptors (Lipinski definition) is 4. The second kappa shape index (κ2) is 6.19. The van der Waals surface area contributed by atoms with Gasteiger partial charge in [0, 0.05) is 16.5 Å². The van der Waals surface area contributed by atoms with Crippen molar-refractivity contribution in [1.82, 2.24) is 0 Å². The van der Waals surface area contributed by atoms with Crippen molar-refractivity contribution in [3.05, 3.63) is 53.5 Å². The highest BCUT2D eigenvalue weighted by molar-refractivity contribution is 7.80. The van der Waals surface area contributed by atoms with E-state index in [1.54, 1.807) is 0 Å². The van der Waals surface area contributed by atoms with Crippen LogP contribution in [0.25, 0.3) is 28.0 Å². The van der Waals surface area contributed by atoms with E-state index in [0.29, 0.717) is 5.75 Å². The molecule has 0 N–H and O–H groups in total. The summed E-state index contributed by atoms with van der Waals surface area (Å²) in [6.07, 6.45) is 2.11. The molecule has 1 aromatic heterocycles. The molecule has 0 aliphatic carbocycles. The largest absolute Gasteiger partial charge is 0.491 e. The molecule has 1 fully saturated rings. The minimum Gasteiger partial charge on any atom is -0.456 e. The highest BCUT2D eigenvalue weighted by Gasteiger charge is 2.52. The fourth-order valence-corrected chi connectivity index (χ4v) is 3.47. The van der Waals surface area contributed by atoms with Crippen molar-refractivity contribution in [1.29, 1.82) is 0 Å². The molecule has 0 saturated carbocycles. The van der Waals surface area contributed by atoms with Crippen LogP contribution in [0.2, 0.25) is 0 Å². The fraction of sp³-hybridized carbons (Fsp3) is 0.333. The molecular weight excluding hydrogens is 343 g/mol. The van der Waals surface area contributed by atoms with E-state index in [1.165, 1.54) is 0 Å². The van der Waals surface area contributed by atoms with Crippen LogP contribution in [0, 0.1) is 0 Å². The predicted octanol–water partition coefficient (Wildman–Crippen LogP) is 5.53. The number of para-hydroxylation sites is 1. The average Bonchev–Trinajstić information content (AvgIpc) is 3.06. The SMILES string of the molecule is CC1(C)OB(C(=Cc2ccc3oc4ccccc4c3c2)CS)OC1(C)C. The quantitative estimate of drug-likeness (QED) is 0.488. The first-order valence-electron chi connectivity index (χ1n) is 8.89. The zero-order valence-electron chi connectivity index (χ0n) is 15.6. The molecule has 0 bridgehead atoms. The predicted molar refractivity (Wildman–Crippen MR) is 112 cm³/mol. The molecule has 0 amide bonds. The molecule has 134 valence electrons. The summed E-state index contributed by atoms with van der Waals surface area (Å²) in [5, 5.41) is 2.24. The first-order chi connectivity index (χ1) is 12.3. The third-order valence-corrected chi connectivity index (χ3v) is 5.86. The smallest absolute Gasteiger partial charge is 0.456 e. The Morgan fingerprint density at radius 1 is 0.962 bits per heavy atom. The minimum atomic E-state index is -0.380. The van der Waals surface area contributed by atoms with Gasteiger partial charge >= 0.3 is 7.12 Å². The van der Waals surface area contributed by atoms with Crippen LogP contribution in [-0.2, 0) is 9.31 Å². The molecule has 1 aliphatic rings. The van der Waals surface area contributed by atoms with Gasteiger partial charge in [-0.1, -0.05) is 30.3 Å². The Balaban J connectivity index is 1.73. The monoisotopic (exact) mass is 366 g/mol. The molecule has 0 atom stereocenters. The first kappa shape index (κ1) is 17.7. The molecule has 3 aromatic rings. The highest BCUT2D eigenvalue weighted by Crippen LogP contribution is 2.39. The van der Waals surface area contributed by atoms with Gasteiger partial charge < -0.3 is 13.7 Å². The van der Waals surface area contributed by atoms with Crippen LogP contribution < -0.4 is 0 Å². The van der Waals surface area contributed by atoms with Gasteiger partial charge in [-0.15, -0.1) is 0 Å². The van der Waals surface area contributed by atoms with E-state index < -0.39 is 0 Å². The Hall–Kier alpha value is -1.69. The second-order valence-corrected chi connectivity index (χ2v) is 8.14. The summed E-state index contributed by atoms with van der Waals surface area (Å²) in [5.74, 6) is 0.570. The minimum absolute atomic E-state index is 0.357. The Bertz CT molecular complexity index is 987. The van der Waals surface area contributed by atoms with Gasteiger partial charge in [-0.3, -0.25) is 0 Å². The van der Waals surface area contributed by atoms with Crippen LogP contribution in [0.1, 0.15) is 33.3 Å². The molecule has 0 spiro atoms. The van der Waals surface area contributed by atoms with E-state index in [4.69, 9.17) is 13.7 Å². The van der Waals surface area contributed by atoms with Gasteiger partial charge in [-0.05, 0) is 56.9 Å². The number of thiol groups is 1. The van der Waals surface area contributed by atoms with Gasteiger partial charge in [-0.25, -0.2) is 0 Å². The Kier molecular flexibility index (Phi) is 4.22. The second-order valence-electron chi connectivity index (χ2n) is 7.82. The van der Waals surface area contributed by atoms with Gasteiger partial charge in [0.05, 0.1) is 11.2 Å². The summed E-state index contributed by atoms with van der Waals surface area (Å²) in [6.45, 7) is 8.25. The van der Waals surface area contributed by atoms with Crippen LogP contribution >= 0.6 is 12.6 Å². The van der Waals surface area contributed by atoms with Gasteiger partial charge in [0.15, 0.2) is 0 Å². The van der Waals surface area contributed by atoms with E-state index in [1.807, 2.05) is 24.3 Å². The lowest BCUT2D eigenvalue weighted by atomic mass is 9.78. The molecule has 3 nitrogen and oxygen atoms in total. The molecule has 1 saturated heterocycles. The molecule has 1 aliphatic heterocycles. The lowest BCUT2D eigenvalue weighted by Crippen LogP contribution is -2.41. The maximum absolute atomic E-state index is 6.17. The molecule has 5 heteroatoms. The summed E-state index contributed by atoms with van der Waals surface area (Å²) >= 11 is 4.51. The lowest BCUT2D eigenvalue weighted by Gasteiger charge is -2.32. The molecule has 2 heterocycles. The third-order valence-electron chi connectivity index (χ3n) is 5.49. The van der Waals surface area contributed by atoms with E-state index in [9.17, 15) is 0 Å². The van der Waals surface area contributed by atoms with Crippen molar-refractivity contribution in [3.63, 3.8) is 0 Å². The van der Waals surface area contributed by atoms with Crippen molar-refractivity contribution in [3.8, 4) is 0 Å². The van der Waals surface area contributed by atoms with E-state index in [2.05, 4.69) is 64.6 Å². The number of benzene rings is 2. The number of fused-ring (bicyclic) bond motifs is 3. The summed E-state index contributed by atoms with van der Waals surface area (Å²) in [7, 11) is -0.380. The standard InChI is InChI=1S/C21H23BO3S/c1-20(2)21(3,4)25-22(24-20)15(13-26)11-14-9-10-19-17(12-14)16-7-5-6-8-18(16)23-19/h5-12,26H,13H2,1-4H3. The van der Waals surface area contributed by atoms with Crippen LogP contribution in [0.15, 0.2) is 52.4 Å². The zero-order valence-corrected chi connectivity index (χ0v) is 16.5. The first-order valence-corrected chi connectivity index (χ1v) is 9.52. The summed E-state index contributed by atoms with van der Waals surface area (Å²) in [4.78, 5) is 0. The summed E-state index contributed by atoms with van der Waals surface area (Å²) < 4.78 is 18.3. The average molecular weight is 366 g/mol. The van der Waals surface area contributed by atoms with E-state index in [0.717, 1.165) is 33.0 Å². The van der Waals surface area contributed by atoms with Crippen LogP contribution in [0.5, 0.6) is 0 Å². The number of hydrogen-bond donors (Lipinski definition) is 1. The normalized spacial score (nSPS) is 19.6. The number of furan rings is 1. The summed E-state index contributed by atoms with van der Waals surface area (Å²) in [6, 6.07) is 14.3. The maximum Gasteiger partial charge on any atom is 0.491 e. The Morgan fingerprint density at radius 3 is 2.31 bits per heavy atom. The molecule has 4 rings (SSSR count). The van der Waals surface area contributed by atoms with E-state index >= 15 is 0 Å². The van der Waals surface area contributed by atoms with Gasteiger partial charge in [0.25, 0.3) is 0 Å². The van der Waals surface area contributed by atoms with Crippen molar-refractivity contribution in [2.75, 3.05) is 5.75 Å². The topological polar surface area (TPSA) is 31.6 Å². The fourth-order valence-electron chi connectivity index (χ4n) is 3.23. The van der Waals surface area contributed by atoms with E-state index in [-0.39, 0.29) is 18.3 Å². The van der Waals surface area contributed by atoms with Crippen molar-refractivity contribution in [2.24, 2.45) is 0 Å². The van der Waals surface area contributed by atoms with Crippen molar-refractivity contribution >= 4 is 47.8 Å². The summed E-state index contributed by atoms with van der Waals surface area (Å²) in [5.41, 5.74) is 3.19. The van der Waals surface area contributed by atoms with Gasteiger partial charge in [0.1, 0.15) is 11.2 Å². The molecule has 26 heavy (non-hydrogen) atoms. The van der Waals surface area contributed by atoms with Crippen LogP contribution in [0.3, 0.4) is 0 Å². The zero-order chi connectivity index (χ0) is 18.5. The molecular formula is C21H23BO3S. The Labute approximate surface area is 159 Å². The maximum atomic E-state index is 6.17. The van der Waals surface area contributed by atoms with Crippen LogP contribution in [-0.4, -0.2) is 24.1 Å². The lowest BCUT2D eigenvalue weighted by molar-refractivity contribution is 0.00578. The van der Waals surface area contributed by atoms with Gasteiger partial charge in [-0.2, -0.15) is 12.6 Å².